The third-order valence-corrected chi connectivity index (χ3v) is 2.83. The number of aromatic nitrogens is 1. The van der Waals surface area contributed by atoms with Gasteiger partial charge in [-0.25, -0.2) is 13.8 Å². The third kappa shape index (κ3) is 2.37. The lowest BCUT2D eigenvalue weighted by Crippen LogP contribution is -2.39. The number of nitrogens with zero attached hydrogens (tertiary/aromatic N) is 2. The molecular weight excluding hydrogens is 222 g/mol. The van der Waals surface area contributed by atoms with Crippen LogP contribution < -0.4 is 4.90 Å². The summed E-state index contributed by atoms with van der Waals surface area (Å²) in [4.78, 5) is 5.90. The summed E-state index contributed by atoms with van der Waals surface area (Å²) in [6, 6.07) is 3.45. The third-order valence-electron chi connectivity index (χ3n) is 2.53. The van der Waals surface area contributed by atoms with E-state index < -0.39 is 5.92 Å². The van der Waals surface area contributed by atoms with Crippen LogP contribution in [-0.2, 0) is 0 Å². The number of alkyl halides is 2. The zero-order chi connectivity index (χ0) is 10.9. The minimum absolute atomic E-state index is 0.125. The Bertz CT molecular complexity index is 347. The average Bonchev–Trinajstić information content (AvgIpc) is 2.19. The molecule has 0 unspecified atom stereocenters. The summed E-state index contributed by atoms with van der Waals surface area (Å²) in [7, 11) is 0. The van der Waals surface area contributed by atoms with Crippen LogP contribution >= 0.6 is 11.6 Å². The first kappa shape index (κ1) is 10.6. The van der Waals surface area contributed by atoms with Crippen LogP contribution in [0.5, 0.6) is 0 Å². The quantitative estimate of drug-likeness (QED) is 0.740. The molecule has 0 radical (unpaired) electrons. The van der Waals surface area contributed by atoms with Crippen LogP contribution in [0.4, 0.5) is 14.6 Å². The second-order valence-electron chi connectivity index (χ2n) is 3.65. The molecule has 15 heavy (non-hydrogen) atoms. The summed E-state index contributed by atoms with van der Waals surface area (Å²) < 4.78 is 25.8. The number of hydrogen-bond donors (Lipinski definition) is 0. The zero-order valence-electron chi connectivity index (χ0n) is 8.09. The SMILES string of the molecule is FC1(F)CCN(c2ncccc2Cl)CC1. The van der Waals surface area contributed by atoms with Crippen molar-refractivity contribution in [3.63, 3.8) is 0 Å². The van der Waals surface area contributed by atoms with Crippen LogP contribution in [0, 0.1) is 0 Å². The molecule has 0 atom stereocenters. The monoisotopic (exact) mass is 232 g/mol. The van der Waals surface area contributed by atoms with Gasteiger partial charge in [0, 0.05) is 32.1 Å². The van der Waals surface area contributed by atoms with Gasteiger partial charge < -0.3 is 4.90 Å². The first-order valence-electron chi connectivity index (χ1n) is 4.82. The molecule has 82 valence electrons. The second-order valence-corrected chi connectivity index (χ2v) is 4.06. The largest absolute Gasteiger partial charge is 0.355 e. The van der Waals surface area contributed by atoms with Gasteiger partial charge in [-0.2, -0.15) is 0 Å². The van der Waals surface area contributed by atoms with Crippen molar-refractivity contribution in [3.8, 4) is 0 Å². The first-order chi connectivity index (χ1) is 7.08. The van der Waals surface area contributed by atoms with E-state index in [9.17, 15) is 8.78 Å². The number of hydrogen-bond acceptors (Lipinski definition) is 2. The number of anilines is 1. The first-order valence-corrected chi connectivity index (χ1v) is 5.20. The number of halogens is 3. The molecule has 2 heterocycles. The van der Waals surface area contributed by atoms with Gasteiger partial charge >= 0.3 is 0 Å². The zero-order valence-corrected chi connectivity index (χ0v) is 8.84. The van der Waals surface area contributed by atoms with Gasteiger partial charge in [0.25, 0.3) is 5.92 Å². The maximum Gasteiger partial charge on any atom is 0.251 e. The van der Waals surface area contributed by atoms with Crippen LogP contribution in [0.15, 0.2) is 18.3 Å². The topological polar surface area (TPSA) is 16.1 Å². The minimum Gasteiger partial charge on any atom is -0.355 e. The summed E-state index contributed by atoms with van der Waals surface area (Å²) in [6.45, 7) is 0.619. The highest BCUT2D eigenvalue weighted by atomic mass is 35.5. The average molecular weight is 233 g/mol. The summed E-state index contributed by atoms with van der Waals surface area (Å²) in [5.74, 6) is -1.92. The summed E-state index contributed by atoms with van der Waals surface area (Å²) in [5, 5.41) is 0.516. The molecule has 1 fully saturated rings. The number of pyridine rings is 1. The number of piperidine rings is 1. The van der Waals surface area contributed by atoms with Crippen molar-refractivity contribution in [2.24, 2.45) is 0 Å². The van der Waals surface area contributed by atoms with Gasteiger partial charge in [0.2, 0.25) is 0 Å². The fraction of sp³-hybridized carbons (Fsp3) is 0.500. The lowest BCUT2D eigenvalue weighted by Gasteiger charge is -2.32. The molecule has 1 aromatic rings. The smallest absolute Gasteiger partial charge is 0.251 e. The van der Waals surface area contributed by atoms with Gasteiger partial charge in [-0.3, -0.25) is 0 Å². The van der Waals surface area contributed by atoms with Crippen LogP contribution in [0.25, 0.3) is 0 Å². The maximum atomic E-state index is 12.9. The molecule has 2 rings (SSSR count). The molecule has 0 aromatic carbocycles. The fourth-order valence-electron chi connectivity index (χ4n) is 1.66. The van der Waals surface area contributed by atoms with Crippen molar-refractivity contribution in [2.45, 2.75) is 18.8 Å². The molecule has 0 bridgehead atoms. The summed E-state index contributed by atoms with van der Waals surface area (Å²) >= 11 is 5.94. The van der Waals surface area contributed by atoms with Crippen molar-refractivity contribution in [1.29, 1.82) is 0 Å². The fourth-order valence-corrected chi connectivity index (χ4v) is 1.90. The van der Waals surface area contributed by atoms with E-state index in [-0.39, 0.29) is 12.8 Å². The van der Waals surface area contributed by atoms with Crippen molar-refractivity contribution in [1.82, 2.24) is 4.98 Å². The normalized spacial score (nSPS) is 20.3. The predicted molar refractivity (Wildman–Crippen MR) is 55.6 cm³/mol. The van der Waals surface area contributed by atoms with Crippen LogP contribution in [0.1, 0.15) is 12.8 Å². The van der Waals surface area contributed by atoms with Gasteiger partial charge in [0.05, 0.1) is 5.02 Å². The Morgan fingerprint density at radius 2 is 2.00 bits per heavy atom. The van der Waals surface area contributed by atoms with Gasteiger partial charge in [0.15, 0.2) is 0 Å². The van der Waals surface area contributed by atoms with E-state index in [0.717, 1.165) is 0 Å². The molecule has 1 aliphatic rings. The Hall–Kier alpha value is -0.900. The molecular formula is C10H11ClF2N2. The molecule has 2 nitrogen and oxygen atoms in total. The van der Waals surface area contributed by atoms with Crippen molar-refractivity contribution in [3.05, 3.63) is 23.4 Å². The van der Waals surface area contributed by atoms with Gasteiger partial charge in [-0.1, -0.05) is 11.6 Å². The van der Waals surface area contributed by atoms with Crippen LogP contribution in [0.2, 0.25) is 5.02 Å². The molecule has 0 N–H and O–H groups in total. The Balaban J connectivity index is 2.11. The van der Waals surface area contributed by atoms with E-state index in [1.54, 1.807) is 23.2 Å². The minimum atomic E-state index is -2.53. The van der Waals surface area contributed by atoms with E-state index in [1.807, 2.05) is 0 Å². The molecule has 0 spiro atoms. The molecule has 1 saturated heterocycles. The van der Waals surface area contributed by atoms with E-state index in [2.05, 4.69) is 4.98 Å². The van der Waals surface area contributed by atoms with Crippen LogP contribution in [-0.4, -0.2) is 24.0 Å². The van der Waals surface area contributed by atoms with E-state index in [1.165, 1.54) is 0 Å². The molecule has 1 aliphatic heterocycles. The molecule has 0 saturated carbocycles. The highest BCUT2D eigenvalue weighted by Gasteiger charge is 2.34. The summed E-state index contributed by atoms with van der Waals surface area (Å²) in [6.07, 6.45) is 1.37. The molecule has 1 aromatic heterocycles. The molecule has 0 amide bonds. The van der Waals surface area contributed by atoms with Gasteiger partial charge in [-0.05, 0) is 12.1 Å². The van der Waals surface area contributed by atoms with E-state index >= 15 is 0 Å². The van der Waals surface area contributed by atoms with Crippen molar-refractivity contribution < 1.29 is 8.78 Å². The van der Waals surface area contributed by atoms with Gasteiger partial charge in [-0.15, -0.1) is 0 Å². The lowest BCUT2D eigenvalue weighted by molar-refractivity contribution is -0.0221. The Kier molecular flexibility index (Phi) is 2.78. The predicted octanol–water partition coefficient (Wildman–Crippen LogP) is 2.97. The maximum absolute atomic E-state index is 12.9. The van der Waals surface area contributed by atoms with Crippen molar-refractivity contribution >= 4 is 17.4 Å². The highest BCUT2D eigenvalue weighted by molar-refractivity contribution is 6.32. The highest BCUT2D eigenvalue weighted by Crippen LogP contribution is 2.32. The standard InChI is InChI=1S/C10H11ClF2N2/c11-8-2-1-5-14-9(8)15-6-3-10(12,13)4-7-15/h1-2,5H,3-4,6-7H2. The lowest BCUT2D eigenvalue weighted by atomic mass is 10.1. The van der Waals surface area contributed by atoms with Gasteiger partial charge in [0.1, 0.15) is 5.82 Å². The Morgan fingerprint density at radius 3 is 2.60 bits per heavy atom. The van der Waals surface area contributed by atoms with Crippen LogP contribution in [0.3, 0.4) is 0 Å². The Labute approximate surface area is 91.9 Å². The number of rotatable bonds is 1. The van der Waals surface area contributed by atoms with E-state index in [4.69, 9.17) is 11.6 Å². The molecule has 0 aliphatic carbocycles. The Morgan fingerprint density at radius 1 is 1.33 bits per heavy atom. The molecule has 5 heteroatoms. The van der Waals surface area contributed by atoms with Crippen molar-refractivity contribution in [2.75, 3.05) is 18.0 Å². The summed E-state index contributed by atoms with van der Waals surface area (Å²) in [5.41, 5.74) is 0. The second kappa shape index (κ2) is 3.93. The van der Waals surface area contributed by atoms with E-state index in [0.29, 0.717) is 23.9 Å².